The average Bonchev–Trinajstić information content (AvgIpc) is 2.45. The summed E-state index contributed by atoms with van der Waals surface area (Å²) in [7, 11) is 1.62. The van der Waals surface area contributed by atoms with E-state index in [1.165, 1.54) is 6.07 Å². The van der Waals surface area contributed by atoms with E-state index >= 15 is 0 Å². The van der Waals surface area contributed by atoms with Gasteiger partial charge in [0.2, 0.25) is 0 Å². The van der Waals surface area contributed by atoms with E-state index in [1.54, 1.807) is 13.3 Å². The topological polar surface area (TPSA) is 34.1 Å². The van der Waals surface area contributed by atoms with Crippen molar-refractivity contribution in [2.45, 2.75) is 26.9 Å². The third-order valence-electron chi connectivity index (χ3n) is 3.37. The summed E-state index contributed by atoms with van der Waals surface area (Å²) in [4.78, 5) is 4.35. The Morgan fingerprint density at radius 1 is 1.19 bits per heavy atom. The summed E-state index contributed by atoms with van der Waals surface area (Å²) in [5.41, 5.74) is 3.04. The molecular weight excluding hydrogens is 274 g/mol. The smallest absolute Gasteiger partial charge is 0.128 e. The van der Waals surface area contributed by atoms with E-state index < -0.39 is 11.6 Å². The van der Waals surface area contributed by atoms with Crippen LogP contribution in [0.1, 0.15) is 22.4 Å². The number of hydrogen-bond donors (Lipinski definition) is 1. The van der Waals surface area contributed by atoms with Gasteiger partial charge in [0, 0.05) is 36.0 Å². The molecule has 0 saturated carbocycles. The molecule has 0 bridgehead atoms. The first kappa shape index (κ1) is 15.4. The second-order valence-electron chi connectivity index (χ2n) is 4.89. The molecule has 3 nitrogen and oxygen atoms in total. The molecule has 5 heteroatoms. The van der Waals surface area contributed by atoms with Gasteiger partial charge in [0.25, 0.3) is 0 Å². The van der Waals surface area contributed by atoms with E-state index in [-0.39, 0.29) is 6.54 Å². The number of aromatic nitrogens is 1. The monoisotopic (exact) mass is 292 g/mol. The minimum absolute atomic E-state index is 0.237. The minimum Gasteiger partial charge on any atom is -0.496 e. The third kappa shape index (κ3) is 3.55. The molecule has 0 amide bonds. The van der Waals surface area contributed by atoms with E-state index in [2.05, 4.69) is 10.3 Å². The van der Waals surface area contributed by atoms with Crippen molar-refractivity contribution in [2.75, 3.05) is 7.11 Å². The summed E-state index contributed by atoms with van der Waals surface area (Å²) in [5, 5.41) is 3.07. The van der Waals surface area contributed by atoms with Gasteiger partial charge in [-0.3, -0.25) is 4.98 Å². The third-order valence-corrected chi connectivity index (χ3v) is 3.37. The van der Waals surface area contributed by atoms with Gasteiger partial charge in [0.1, 0.15) is 17.4 Å². The number of benzene rings is 1. The number of pyridine rings is 1. The fraction of sp³-hybridized carbons (Fsp3) is 0.312. The van der Waals surface area contributed by atoms with Crippen LogP contribution in [0, 0.1) is 25.5 Å². The zero-order chi connectivity index (χ0) is 15.4. The highest BCUT2D eigenvalue weighted by Gasteiger charge is 2.09. The van der Waals surface area contributed by atoms with Crippen LogP contribution in [0.4, 0.5) is 8.78 Å². The van der Waals surface area contributed by atoms with Crippen molar-refractivity contribution in [3.8, 4) is 5.75 Å². The Morgan fingerprint density at radius 3 is 2.67 bits per heavy atom. The van der Waals surface area contributed by atoms with Crippen LogP contribution in [0.2, 0.25) is 0 Å². The van der Waals surface area contributed by atoms with Crippen molar-refractivity contribution in [2.24, 2.45) is 0 Å². The molecular formula is C16H18F2N2O. The average molecular weight is 292 g/mol. The molecule has 0 aliphatic heterocycles. The highest BCUT2D eigenvalue weighted by Crippen LogP contribution is 2.23. The zero-order valence-corrected chi connectivity index (χ0v) is 12.3. The SMILES string of the molecule is COc1c(C)cnc(CNCc2cc(F)ccc2F)c1C. The lowest BCUT2D eigenvalue weighted by atomic mass is 10.1. The molecule has 0 unspecified atom stereocenters. The zero-order valence-electron chi connectivity index (χ0n) is 12.3. The summed E-state index contributed by atoms with van der Waals surface area (Å²) in [6.45, 7) is 4.55. The van der Waals surface area contributed by atoms with Crippen molar-refractivity contribution in [1.82, 2.24) is 10.3 Å². The van der Waals surface area contributed by atoms with Crippen LogP contribution in [0.5, 0.6) is 5.75 Å². The predicted octanol–water partition coefficient (Wildman–Crippen LogP) is 3.28. The Bertz CT molecular complexity index is 644. The first-order valence-corrected chi connectivity index (χ1v) is 6.66. The van der Waals surface area contributed by atoms with Crippen molar-refractivity contribution in [3.63, 3.8) is 0 Å². The Morgan fingerprint density at radius 2 is 1.95 bits per heavy atom. The maximum Gasteiger partial charge on any atom is 0.128 e. The number of aryl methyl sites for hydroxylation is 1. The molecule has 0 aliphatic rings. The number of rotatable bonds is 5. The lowest BCUT2D eigenvalue weighted by Gasteiger charge is -2.13. The van der Waals surface area contributed by atoms with Crippen LogP contribution in [-0.2, 0) is 13.1 Å². The van der Waals surface area contributed by atoms with E-state index in [9.17, 15) is 8.78 Å². The van der Waals surface area contributed by atoms with Gasteiger partial charge in [0.05, 0.1) is 12.8 Å². The largest absolute Gasteiger partial charge is 0.496 e. The number of nitrogens with zero attached hydrogens (tertiary/aromatic N) is 1. The van der Waals surface area contributed by atoms with Crippen LogP contribution in [0.15, 0.2) is 24.4 Å². The van der Waals surface area contributed by atoms with E-state index in [1.807, 2.05) is 13.8 Å². The Hall–Kier alpha value is -2.01. The lowest BCUT2D eigenvalue weighted by molar-refractivity contribution is 0.406. The van der Waals surface area contributed by atoms with Gasteiger partial charge in [-0.1, -0.05) is 0 Å². The van der Waals surface area contributed by atoms with E-state index in [0.717, 1.165) is 34.7 Å². The fourth-order valence-electron chi connectivity index (χ4n) is 2.24. The van der Waals surface area contributed by atoms with Gasteiger partial charge in [-0.25, -0.2) is 8.78 Å². The molecule has 0 atom stereocenters. The molecule has 0 spiro atoms. The van der Waals surface area contributed by atoms with Crippen molar-refractivity contribution in [3.05, 3.63) is 58.4 Å². The Kier molecular flexibility index (Phi) is 4.85. The Labute approximate surface area is 123 Å². The van der Waals surface area contributed by atoms with Gasteiger partial charge in [-0.05, 0) is 32.0 Å². The predicted molar refractivity (Wildman–Crippen MR) is 77.2 cm³/mol. The normalized spacial score (nSPS) is 10.7. The fourth-order valence-corrected chi connectivity index (χ4v) is 2.24. The van der Waals surface area contributed by atoms with Crippen molar-refractivity contribution >= 4 is 0 Å². The van der Waals surface area contributed by atoms with Crippen LogP contribution >= 0.6 is 0 Å². The standard InChI is InChI=1S/C16H18F2N2O/c1-10-7-20-15(11(2)16(10)21-3)9-19-8-12-6-13(17)4-5-14(12)18/h4-7,19H,8-9H2,1-3H3. The first-order chi connectivity index (χ1) is 10.0. The number of halogens is 2. The molecule has 1 aromatic heterocycles. The summed E-state index contributed by atoms with van der Waals surface area (Å²) in [6, 6.07) is 3.43. The second kappa shape index (κ2) is 6.63. The molecule has 2 rings (SSSR count). The Balaban J connectivity index is 2.05. The summed E-state index contributed by atoms with van der Waals surface area (Å²) in [6.07, 6.45) is 1.74. The van der Waals surface area contributed by atoms with Gasteiger partial charge in [0.15, 0.2) is 0 Å². The highest BCUT2D eigenvalue weighted by atomic mass is 19.1. The molecule has 0 aliphatic carbocycles. The molecule has 112 valence electrons. The van der Waals surface area contributed by atoms with Gasteiger partial charge in [-0.2, -0.15) is 0 Å². The van der Waals surface area contributed by atoms with Gasteiger partial charge < -0.3 is 10.1 Å². The number of methoxy groups -OCH3 is 1. The van der Waals surface area contributed by atoms with E-state index in [0.29, 0.717) is 12.1 Å². The molecule has 1 heterocycles. The maximum absolute atomic E-state index is 13.5. The molecule has 2 aromatic rings. The van der Waals surface area contributed by atoms with E-state index in [4.69, 9.17) is 4.74 Å². The summed E-state index contributed by atoms with van der Waals surface area (Å²) < 4.78 is 31.9. The molecule has 0 radical (unpaired) electrons. The van der Waals surface area contributed by atoms with Crippen LogP contribution < -0.4 is 10.1 Å². The molecule has 1 aromatic carbocycles. The van der Waals surface area contributed by atoms with Crippen LogP contribution in [0.25, 0.3) is 0 Å². The van der Waals surface area contributed by atoms with Crippen molar-refractivity contribution < 1.29 is 13.5 Å². The van der Waals surface area contributed by atoms with Gasteiger partial charge >= 0.3 is 0 Å². The van der Waals surface area contributed by atoms with Crippen molar-refractivity contribution in [1.29, 1.82) is 0 Å². The number of ether oxygens (including phenoxy) is 1. The quantitative estimate of drug-likeness (QED) is 0.918. The second-order valence-corrected chi connectivity index (χ2v) is 4.89. The number of hydrogen-bond acceptors (Lipinski definition) is 3. The lowest BCUT2D eigenvalue weighted by Crippen LogP contribution is -2.16. The minimum atomic E-state index is -0.445. The van der Waals surface area contributed by atoms with Crippen LogP contribution in [0.3, 0.4) is 0 Å². The molecule has 21 heavy (non-hydrogen) atoms. The highest BCUT2D eigenvalue weighted by molar-refractivity contribution is 5.41. The van der Waals surface area contributed by atoms with Gasteiger partial charge in [-0.15, -0.1) is 0 Å². The van der Waals surface area contributed by atoms with Crippen LogP contribution in [-0.4, -0.2) is 12.1 Å². The molecule has 0 saturated heterocycles. The molecule has 0 fully saturated rings. The molecule has 1 N–H and O–H groups in total. The number of nitrogens with one attached hydrogen (secondary N) is 1. The summed E-state index contributed by atoms with van der Waals surface area (Å²) >= 11 is 0. The summed E-state index contributed by atoms with van der Waals surface area (Å²) in [5.74, 6) is -0.0617. The maximum atomic E-state index is 13.5. The first-order valence-electron chi connectivity index (χ1n) is 6.66.